The number of nitrogens with one attached hydrogen (secondary N) is 2. The second kappa shape index (κ2) is 10.0. The first kappa shape index (κ1) is 19.2. The number of benzene rings is 1. The molecule has 0 spiro atoms. The summed E-state index contributed by atoms with van der Waals surface area (Å²) >= 11 is 0. The number of nitrogens with two attached hydrogens (primary N) is 1. The fourth-order valence-corrected chi connectivity index (χ4v) is 2.25. The molecule has 134 valence electrons. The van der Waals surface area contributed by atoms with Crippen molar-refractivity contribution in [1.29, 1.82) is 5.26 Å². The summed E-state index contributed by atoms with van der Waals surface area (Å²) in [5, 5.41) is 15.4. The van der Waals surface area contributed by atoms with Crippen LogP contribution in [0.25, 0.3) is 0 Å². The van der Waals surface area contributed by atoms with Gasteiger partial charge < -0.3 is 16.4 Å². The van der Waals surface area contributed by atoms with Gasteiger partial charge in [-0.25, -0.2) is 4.98 Å². The van der Waals surface area contributed by atoms with Gasteiger partial charge in [0.2, 0.25) is 5.95 Å². The maximum absolute atomic E-state index is 8.89. The van der Waals surface area contributed by atoms with Gasteiger partial charge in [0.25, 0.3) is 0 Å². The van der Waals surface area contributed by atoms with Crippen LogP contribution >= 0.6 is 0 Å². The van der Waals surface area contributed by atoms with Crippen LogP contribution in [0.3, 0.4) is 0 Å². The molecule has 0 aliphatic carbocycles. The van der Waals surface area contributed by atoms with E-state index >= 15 is 0 Å². The molecular weight excluding hydrogens is 324 g/mol. The molecular formula is C20H24N6. The minimum Gasteiger partial charge on any atom is -0.369 e. The van der Waals surface area contributed by atoms with Gasteiger partial charge >= 0.3 is 0 Å². The molecule has 0 atom stereocenters. The van der Waals surface area contributed by atoms with Crippen LogP contribution in [-0.2, 0) is 0 Å². The fraction of sp³-hybridized carbons (Fsp3) is 0.350. The van der Waals surface area contributed by atoms with Crippen molar-refractivity contribution in [3.63, 3.8) is 0 Å². The van der Waals surface area contributed by atoms with E-state index in [2.05, 4.69) is 45.4 Å². The first-order valence-electron chi connectivity index (χ1n) is 8.76. The van der Waals surface area contributed by atoms with Crippen molar-refractivity contribution < 1.29 is 0 Å². The highest BCUT2D eigenvalue weighted by Crippen LogP contribution is 2.20. The van der Waals surface area contributed by atoms with Crippen LogP contribution in [0.4, 0.5) is 17.5 Å². The first-order chi connectivity index (χ1) is 12.7. The fourth-order valence-electron chi connectivity index (χ4n) is 2.25. The van der Waals surface area contributed by atoms with Crippen LogP contribution in [0.2, 0.25) is 0 Å². The topological polar surface area (TPSA) is 99.6 Å². The second-order valence-corrected chi connectivity index (χ2v) is 5.79. The SMILES string of the molecule is CCCNc1nc(Nc2ccc(C#N)cc2)nc(C)c1C#CCCCN. The Morgan fingerprint density at radius 3 is 2.62 bits per heavy atom. The van der Waals surface area contributed by atoms with Crippen LogP contribution in [0.15, 0.2) is 24.3 Å². The Labute approximate surface area is 154 Å². The molecule has 0 aliphatic heterocycles. The molecule has 0 saturated heterocycles. The van der Waals surface area contributed by atoms with Gasteiger partial charge in [0.05, 0.1) is 22.9 Å². The second-order valence-electron chi connectivity index (χ2n) is 5.79. The molecule has 2 aromatic rings. The molecule has 6 nitrogen and oxygen atoms in total. The molecule has 1 heterocycles. The van der Waals surface area contributed by atoms with E-state index in [1.54, 1.807) is 12.1 Å². The average molecular weight is 348 g/mol. The van der Waals surface area contributed by atoms with Gasteiger partial charge in [-0.1, -0.05) is 18.8 Å². The summed E-state index contributed by atoms with van der Waals surface area (Å²) in [7, 11) is 0. The molecule has 0 bridgehead atoms. The summed E-state index contributed by atoms with van der Waals surface area (Å²) in [6, 6.07) is 9.27. The number of hydrogen-bond acceptors (Lipinski definition) is 6. The third kappa shape index (κ3) is 5.47. The quantitative estimate of drug-likeness (QED) is 0.524. The van der Waals surface area contributed by atoms with Crippen molar-refractivity contribution in [2.45, 2.75) is 33.1 Å². The molecule has 0 radical (unpaired) electrons. The summed E-state index contributed by atoms with van der Waals surface area (Å²) in [5.41, 5.74) is 8.59. The summed E-state index contributed by atoms with van der Waals surface area (Å²) in [4.78, 5) is 9.11. The lowest BCUT2D eigenvalue weighted by Crippen LogP contribution is -2.09. The number of anilines is 3. The van der Waals surface area contributed by atoms with Gasteiger partial charge in [-0.3, -0.25) is 0 Å². The number of nitrogens with zero attached hydrogens (tertiary/aromatic N) is 3. The van der Waals surface area contributed by atoms with E-state index < -0.39 is 0 Å². The standard InChI is InChI=1S/C20H24N6/c1-3-13-23-19-18(7-5-4-6-12-21)15(2)24-20(26-19)25-17-10-8-16(14-22)9-11-17/h8-11H,3-4,6,12-13,21H2,1-2H3,(H2,23,24,25,26). The zero-order valence-corrected chi connectivity index (χ0v) is 15.3. The number of aromatic nitrogens is 2. The molecule has 4 N–H and O–H groups in total. The summed E-state index contributed by atoms with van der Waals surface area (Å²) in [6.07, 6.45) is 2.62. The van der Waals surface area contributed by atoms with E-state index in [0.717, 1.165) is 48.6 Å². The molecule has 0 unspecified atom stereocenters. The average Bonchev–Trinajstić information content (AvgIpc) is 2.65. The van der Waals surface area contributed by atoms with Gasteiger partial charge in [-0.2, -0.15) is 10.2 Å². The van der Waals surface area contributed by atoms with E-state index in [1.807, 2.05) is 19.1 Å². The molecule has 6 heteroatoms. The maximum atomic E-state index is 8.89. The highest BCUT2D eigenvalue weighted by Gasteiger charge is 2.10. The molecule has 1 aromatic carbocycles. The van der Waals surface area contributed by atoms with Crippen molar-refractivity contribution >= 4 is 17.5 Å². The zero-order valence-electron chi connectivity index (χ0n) is 15.3. The van der Waals surface area contributed by atoms with Crippen LogP contribution in [-0.4, -0.2) is 23.1 Å². The Morgan fingerprint density at radius 2 is 1.96 bits per heavy atom. The Hall–Kier alpha value is -3.09. The van der Waals surface area contributed by atoms with Gasteiger partial charge in [0, 0.05) is 18.7 Å². The summed E-state index contributed by atoms with van der Waals surface area (Å²) in [5.74, 6) is 7.55. The van der Waals surface area contributed by atoms with Crippen LogP contribution < -0.4 is 16.4 Å². The largest absolute Gasteiger partial charge is 0.369 e. The minimum absolute atomic E-state index is 0.498. The van der Waals surface area contributed by atoms with Crippen molar-refractivity contribution in [1.82, 2.24) is 9.97 Å². The highest BCUT2D eigenvalue weighted by atomic mass is 15.1. The molecule has 0 aliphatic rings. The van der Waals surface area contributed by atoms with Gasteiger partial charge in [0.1, 0.15) is 5.82 Å². The monoisotopic (exact) mass is 348 g/mol. The zero-order chi connectivity index (χ0) is 18.8. The van der Waals surface area contributed by atoms with Crippen molar-refractivity contribution in [2.24, 2.45) is 5.73 Å². The van der Waals surface area contributed by atoms with Gasteiger partial charge in [0.15, 0.2) is 0 Å². The molecule has 0 fully saturated rings. The maximum Gasteiger partial charge on any atom is 0.229 e. The summed E-state index contributed by atoms with van der Waals surface area (Å²) in [6.45, 7) is 5.47. The number of unbranched alkanes of at least 4 members (excludes halogenated alkanes) is 1. The lowest BCUT2D eigenvalue weighted by atomic mass is 10.2. The van der Waals surface area contributed by atoms with Crippen LogP contribution in [0.1, 0.15) is 43.0 Å². The lowest BCUT2D eigenvalue weighted by molar-refractivity contribution is 0.869. The molecule has 0 saturated carbocycles. The van der Waals surface area contributed by atoms with E-state index in [0.29, 0.717) is 18.1 Å². The smallest absolute Gasteiger partial charge is 0.229 e. The van der Waals surface area contributed by atoms with Crippen molar-refractivity contribution in [3.05, 3.63) is 41.1 Å². The molecule has 1 aromatic heterocycles. The predicted molar refractivity (Wildman–Crippen MR) is 105 cm³/mol. The molecule has 26 heavy (non-hydrogen) atoms. The number of nitriles is 1. The minimum atomic E-state index is 0.498. The summed E-state index contributed by atoms with van der Waals surface area (Å²) < 4.78 is 0. The molecule has 2 rings (SSSR count). The number of aryl methyl sites for hydroxylation is 1. The van der Waals surface area contributed by atoms with Crippen molar-refractivity contribution in [2.75, 3.05) is 23.7 Å². The van der Waals surface area contributed by atoms with Crippen LogP contribution in [0, 0.1) is 30.1 Å². The Kier molecular flexibility index (Phi) is 7.42. The highest BCUT2D eigenvalue weighted by molar-refractivity contribution is 5.62. The lowest BCUT2D eigenvalue weighted by Gasteiger charge is -2.12. The van der Waals surface area contributed by atoms with Crippen LogP contribution in [0.5, 0.6) is 0 Å². The Balaban J connectivity index is 2.27. The Bertz CT molecular complexity index is 824. The van der Waals surface area contributed by atoms with E-state index in [9.17, 15) is 0 Å². The van der Waals surface area contributed by atoms with Gasteiger partial charge in [-0.05, 0) is 50.6 Å². The van der Waals surface area contributed by atoms with Gasteiger partial charge in [-0.15, -0.1) is 0 Å². The van der Waals surface area contributed by atoms with E-state index in [-0.39, 0.29) is 0 Å². The predicted octanol–water partition coefficient (Wildman–Crippen LogP) is 3.31. The Morgan fingerprint density at radius 1 is 1.19 bits per heavy atom. The third-order valence-corrected chi connectivity index (χ3v) is 3.62. The first-order valence-corrected chi connectivity index (χ1v) is 8.76. The normalized spacial score (nSPS) is 9.77. The van der Waals surface area contributed by atoms with E-state index in [1.165, 1.54) is 0 Å². The molecule has 0 amide bonds. The van der Waals surface area contributed by atoms with E-state index in [4.69, 9.17) is 11.0 Å². The third-order valence-electron chi connectivity index (χ3n) is 3.62. The number of rotatable bonds is 7. The number of hydrogen-bond donors (Lipinski definition) is 3. The van der Waals surface area contributed by atoms with Crippen molar-refractivity contribution in [3.8, 4) is 17.9 Å².